The quantitative estimate of drug-likeness (QED) is 0.805. The van der Waals surface area contributed by atoms with Gasteiger partial charge in [0.2, 0.25) is 0 Å². The number of hydrogen-bond donors (Lipinski definition) is 1. The van der Waals surface area contributed by atoms with Gasteiger partial charge in [0.05, 0.1) is 19.6 Å². The van der Waals surface area contributed by atoms with Crippen molar-refractivity contribution in [2.45, 2.75) is 19.4 Å². The largest absolute Gasteiger partial charge is 0.497 e. The Labute approximate surface area is 101 Å². The molecule has 0 spiro atoms. The molecule has 1 aliphatic heterocycles. The molecule has 92 valence electrons. The predicted octanol–water partition coefficient (Wildman–Crippen LogP) is 1.45. The lowest BCUT2D eigenvalue weighted by atomic mass is 9.91. The zero-order chi connectivity index (χ0) is 12.3. The minimum absolute atomic E-state index is 0.161. The highest BCUT2D eigenvalue weighted by Crippen LogP contribution is 2.28. The number of carbonyl (C=O) groups excluding carboxylic acids is 1. The maximum atomic E-state index is 11.8. The molecular weight excluding hydrogens is 218 g/mol. The van der Waals surface area contributed by atoms with E-state index in [9.17, 15) is 4.79 Å². The van der Waals surface area contributed by atoms with Crippen molar-refractivity contribution in [3.05, 3.63) is 29.3 Å². The number of methoxy groups -OCH3 is 1. The summed E-state index contributed by atoms with van der Waals surface area (Å²) in [6, 6.07) is 5.81. The molecule has 1 atom stereocenters. The van der Waals surface area contributed by atoms with Gasteiger partial charge in [-0.3, -0.25) is 4.79 Å². The lowest BCUT2D eigenvalue weighted by molar-refractivity contribution is -0.145. The van der Waals surface area contributed by atoms with Crippen molar-refractivity contribution in [3.63, 3.8) is 0 Å². The zero-order valence-electron chi connectivity index (χ0n) is 10.2. The topological polar surface area (TPSA) is 47.6 Å². The molecule has 17 heavy (non-hydrogen) atoms. The van der Waals surface area contributed by atoms with Gasteiger partial charge in [-0.25, -0.2) is 0 Å². The average Bonchev–Trinajstić information content (AvgIpc) is 2.37. The summed E-state index contributed by atoms with van der Waals surface area (Å²) < 4.78 is 10.3. The summed E-state index contributed by atoms with van der Waals surface area (Å²) in [5.74, 6) is 0.450. The number of esters is 1. The van der Waals surface area contributed by atoms with E-state index in [1.165, 1.54) is 0 Å². The molecule has 1 heterocycles. The molecule has 0 bridgehead atoms. The average molecular weight is 235 g/mol. The summed E-state index contributed by atoms with van der Waals surface area (Å²) in [5, 5.41) is 3.23. The molecule has 0 fully saturated rings. The normalized spacial score (nSPS) is 18.4. The second kappa shape index (κ2) is 5.19. The minimum atomic E-state index is -0.204. The van der Waals surface area contributed by atoms with Gasteiger partial charge in [-0.2, -0.15) is 0 Å². The van der Waals surface area contributed by atoms with Gasteiger partial charge < -0.3 is 14.8 Å². The molecule has 1 aliphatic rings. The Balaban J connectivity index is 2.28. The molecule has 1 unspecified atom stereocenters. The van der Waals surface area contributed by atoms with Crippen LogP contribution in [-0.2, 0) is 16.1 Å². The Hall–Kier alpha value is -1.55. The lowest BCUT2D eigenvalue weighted by Crippen LogP contribution is -2.33. The van der Waals surface area contributed by atoms with Crippen molar-refractivity contribution in [2.75, 3.05) is 20.3 Å². The van der Waals surface area contributed by atoms with E-state index in [2.05, 4.69) is 5.32 Å². The summed E-state index contributed by atoms with van der Waals surface area (Å²) in [6.45, 7) is 3.64. The summed E-state index contributed by atoms with van der Waals surface area (Å²) in [4.78, 5) is 11.8. The molecular formula is C13H17NO3. The highest BCUT2D eigenvalue weighted by molar-refractivity contribution is 5.79. The Kier molecular flexibility index (Phi) is 3.64. The third-order valence-corrected chi connectivity index (χ3v) is 2.96. The van der Waals surface area contributed by atoms with Crippen LogP contribution in [0.2, 0.25) is 0 Å². The fraction of sp³-hybridized carbons (Fsp3) is 0.462. The molecule has 0 saturated carbocycles. The standard InChI is InChI=1S/C13H17NO3/c1-3-17-13(15)12-8-14-7-9-6-10(16-2)4-5-11(9)12/h4-6,12,14H,3,7-8H2,1-2H3. The molecule has 1 N–H and O–H groups in total. The van der Waals surface area contributed by atoms with E-state index in [4.69, 9.17) is 9.47 Å². The second-order valence-electron chi connectivity index (χ2n) is 4.00. The molecule has 0 amide bonds. The van der Waals surface area contributed by atoms with Crippen LogP contribution in [0.5, 0.6) is 5.75 Å². The first-order valence-electron chi connectivity index (χ1n) is 5.80. The van der Waals surface area contributed by atoms with Gasteiger partial charge in [-0.1, -0.05) is 6.07 Å². The van der Waals surface area contributed by atoms with E-state index in [0.717, 1.165) is 23.4 Å². The van der Waals surface area contributed by atoms with Crippen LogP contribution in [0.3, 0.4) is 0 Å². The fourth-order valence-corrected chi connectivity index (χ4v) is 2.12. The third-order valence-electron chi connectivity index (χ3n) is 2.96. The number of carbonyl (C=O) groups is 1. The monoisotopic (exact) mass is 235 g/mol. The van der Waals surface area contributed by atoms with Crippen LogP contribution in [0.4, 0.5) is 0 Å². The van der Waals surface area contributed by atoms with Crippen molar-refractivity contribution in [1.29, 1.82) is 0 Å². The van der Waals surface area contributed by atoms with Gasteiger partial charge in [0.15, 0.2) is 0 Å². The van der Waals surface area contributed by atoms with Gasteiger partial charge in [0.25, 0.3) is 0 Å². The number of ether oxygens (including phenoxy) is 2. The van der Waals surface area contributed by atoms with Gasteiger partial charge in [-0.15, -0.1) is 0 Å². The van der Waals surface area contributed by atoms with Gasteiger partial charge in [0, 0.05) is 13.1 Å². The Morgan fingerprint density at radius 3 is 3.06 bits per heavy atom. The summed E-state index contributed by atoms with van der Waals surface area (Å²) in [7, 11) is 1.64. The summed E-state index contributed by atoms with van der Waals surface area (Å²) in [5.41, 5.74) is 2.15. The zero-order valence-corrected chi connectivity index (χ0v) is 10.2. The van der Waals surface area contributed by atoms with Crippen molar-refractivity contribution in [2.24, 2.45) is 0 Å². The van der Waals surface area contributed by atoms with Gasteiger partial charge in [0.1, 0.15) is 5.75 Å². The molecule has 0 saturated heterocycles. The molecule has 4 heteroatoms. The van der Waals surface area contributed by atoms with Crippen LogP contribution < -0.4 is 10.1 Å². The van der Waals surface area contributed by atoms with Crippen molar-refractivity contribution in [1.82, 2.24) is 5.32 Å². The summed E-state index contributed by atoms with van der Waals surface area (Å²) >= 11 is 0. The number of benzene rings is 1. The molecule has 1 aromatic carbocycles. The van der Waals surface area contributed by atoms with Crippen LogP contribution in [0.15, 0.2) is 18.2 Å². The van der Waals surface area contributed by atoms with E-state index in [1.807, 2.05) is 25.1 Å². The van der Waals surface area contributed by atoms with Gasteiger partial charge >= 0.3 is 5.97 Å². The van der Waals surface area contributed by atoms with Crippen LogP contribution in [0, 0.1) is 0 Å². The van der Waals surface area contributed by atoms with E-state index in [-0.39, 0.29) is 11.9 Å². The molecule has 0 aromatic heterocycles. The van der Waals surface area contributed by atoms with Gasteiger partial charge in [-0.05, 0) is 30.2 Å². The predicted molar refractivity (Wildman–Crippen MR) is 64.1 cm³/mol. The minimum Gasteiger partial charge on any atom is -0.497 e. The first kappa shape index (κ1) is 11.9. The fourth-order valence-electron chi connectivity index (χ4n) is 2.12. The van der Waals surface area contributed by atoms with E-state index in [0.29, 0.717) is 13.2 Å². The van der Waals surface area contributed by atoms with E-state index < -0.39 is 0 Å². The first-order chi connectivity index (χ1) is 8.26. The summed E-state index contributed by atoms with van der Waals surface area (Å²) in [6.07, 6.45) is 0. The maximum absolute atomic E-state index is 11.8. The number of rotatable bonds is 3. The van der Waals surface area contributed by atoms with Crippen molar-refractivity contribution < 1.29 is 14.3 Å². The van der Waals surface area contributed by atoms with Crippen molar-refractivity contribution >= 4 is 5.97 Å². The van der Waals surface area contributed by atoms with Crippen LogP contribution in [-0.4, -0.2) is 26.2 Å². The highest BCUT2D eigenvalue weighted by Gasteiger charge is 2.27. The maximum Gasteiger partial charge on any atom is 0.314 e. The molecule has 0 radical (unpaired) electrons. The van der Waals surface area contributed by atoms with Crippen LogP contribution in [0.1, 0.15) is 24.0 Å². The Morgan fingerprint density at radius 2 is 2.35 bits per heavy atom. The number of fused-ring (bicyclic) bond motifs is 1. The number of nitrogens with one attached hydrogen (secondary N) is 1. The SMILES string of the molecule is CCOC(=O)C1CNCc2cc(OC)ccc21. The molecule has 2 rings (SSSR count). The second-order valence-corrected chi connectivity index (χ2v) is 4.00. The Bertz CT molecular complexity index is 417. The number of hydrogen-bond acceptors (Lipinski definition) is 4. The van der Waals surface area contributed by atoms with Crippen molar-refractivity contribution in [3.8, 4) is 5.75 Å². The molecule has 4 nitrogen and oxygen atoms in total. The van der Waals surface area contributed by atoms with Crippen LogP contribution in [0.25, 0.3) is 0 Å². The van der Waals surface area contributed by atoms with E-state index >= 15 is 0 Å². The van der Waals surface area contributed by atoms with Crippen LogP contribution >= 0.6 is 0 Å². The third kappa shape index (κ3) is 2.42. The lowest BCUT2D eigenvalue weighted by Gasteiger charge is -2.25. The first-order valence-corrected chi connectivity index (χ1v) is 5.80. The molecule has 0 aliphatic carbocycles. The molecule has 1 aromatic rings. The smallest absolute Gasteiger partial charge is 0.314 e. The van der Waals surface area contributed by atoms with E-state index in [1.54, 1.807) is 7.11 Å². The Morgan fingerprint density at radius 1 is 1.53 bits per heavy atom. The highest BCUT2D eigenvalue weighted by atomic mass is 16.5.